The molecule has 3 rings (SSSR count). The third kappa shape index (κ3) is 3.06. The highest BCUT2D eigenvalue weighted by molar-refractivity contribution is 7.89. The molecule has 1 saturated heterocycles. The van der Waals surface area contributed by atoms with Crippen molar-refractivity contribution in [3.63, 3.8) is 0 Å². The second kappa shape index (κ2) is 6.57. The SMILES string of the molecule is COc1ccc(C)cc1S(=O)(=O)N1CC[C@H](C)[C@H](n2ccnc2)C1. The van der Waals surface area contributed by atoms with Gasteiger partial charge in [0.05, 0.1) is 19.5 Å². The number of benzene rings is 1. The highest BCUT2D eigenvalue weighted by Crippen LogP contribution is 2.34. The van der Waals surface area contributed by atoms with Crippen LogP contribution in [0.2, 0.25) is 0 Å². The molecule has 2 heterocycles. The molecule has 1 aliphatic heterocycles. The molecule has 0 aliphatic carbocycles. The van der Waals surface area contributed by atoms with Crippen molar-refractivity contribution in [1.29, 1.82) is 0 Å². The Morgan fingerprint density at radius 1 is 1.33 bits per heavy atom. The molecule has 7 heteroatoms. The Bertz CT molecular complexity index is 802. The Kier molecular flexibility index (Phi) is 4.64. The molecule has 0 spiro atoms. The molecule has 0 amide bonds. The van der Waals surface area contributed by atoms with Crippen molar-refractivity contribution in [1.82, 2.24) is 13.9 Å². The van der Waals surface area contributed by atoms with E-state index in [4.69, 9.17) is 4.74 Å². The van der Waals surface area contributed by atoms with Gasteiger partial charge < -0.3 is 9.30 Å². The second-order valence-electron chi connectivity index (χ2n) is 6.36. The van der Waals surface area contributed by atoms with Gasteiger partial charge in [0.15, 0.2) is 0 Å². The zero-order valence-corrected chi connectivity index (χ0v) is 15.0. The number of ether oxygens (including phenoxy) is 1. The summed E-state index contributed by atoms with van der Waals surface area (Å²) < 4.78 is 35.2. The van der Waals surface area contributed by atoms with Crippen LogP contribution >= 0.6 is 0 Å². The zero-order valence-electron chi connectivity index (χ0n) is 14.2. The Hall–Kier alpha value is -1.86. The number of sulfonamides is 1. The maximum atomic E-state index is 13.2. The summed E-state index contributed by atoms with van der Waals surface area (Å²) >= 11 is 0. The van der Waals surface area contributed by atoms with Crippen LogP contribution < -0.4 is 4.74 Å². The van der Waals surface area contributed by atoms with Crippen molar-refractivity contribution in [2.75, 3.05) is 20.2 Å². The van der Waals surface area contributed by atoms with Crippen LogP contribution in [0.1, 0.15) is 24.9 Å². The van der Waals surface area contributed by atoms with Gasteiger partial charge >= 0.3 is 0 Å². The number of hydrogen-bond acceptors (Lipinski definition) is 4. The third-order valence-electron chi connectivity index (χ3n) is 4.73. The van der Waals surface area contributed by atoms with Gasteiger partial charge in [-0.3, -0.25) is 0 Å². The van der Waals surface area contributed by atoms with Gasteiger partial charge in [-0.05, 0) is 37.0 Å². The first-order valence-corrected chi connectivity index (χ1v) is 9.49. The molecule has 0 radical (unpaired) electrons. The Morgan fingerprint density at radius 2 is 2.12 bits per heavy atom. The van der Waals surface area contributed by atoms with E-state index in [-0.39, 0.29) is 10.9 Å². The van der Waals surface area contributed by atoms with Crippen molar-refractivity contribution < 1.29 is 13.2 Å². The van der Waals surface area contributed by atoms with Crippen LogP contribution in [-0.4, -0.2) is 42.5 Å². The van der Waals surface area contributed by atoms with Gasteiger partial charge in [-0.15, -0.1) is 0 Å². The molecule has 0 N–H and O–H groups in total. The van der Waals surface area contributed by atoms with E-state index >= 15 is 0 Å². The molecule has 2 atom stereocenters. The summed E-state index contributed by atoms with van der Waals surface area (Å²) in [6.07, 6.45) is 6.19. The predicted molar refractivity (Wildman–Crippen MR) is 91.5 cm³/mol. The molecule has 1 fully saturated rings. The van der Waals surface area contributed by atoms with E-state index in [2.05, 4.69) is 11.9 Å². The van der Waals surface area contributed by atoms with Crippen molar-refractivity contribution in [3.05, 3.63) is 42.5 Å². The van der Waals surface area contributed by atoms with Gasteiger partial charge in [0.2, 0.25) is 10.0 Å². The molecular formula is C17H23N3O3S. The lowest BCUT2D eigenvalue weighted by Gasteiger charge is -2.37. The van der Waals surface area contributed by atoms with E-state index in [0.29, 0.717) is 24.8 Å². The van der Waals surface area contributed by atoms with Gasteiger partial charge in [0.25, 0.3) is 0 Å². The molecule has 130 valence electrons. The zero-order chi connectivity index (χ0) is 17.3. The lowest BCUT2D eigenvalue weighted by atomic mass is 9.95. The van der Waals surface area contributed by atoms with Crippen molar-refractivity contribution in [2.24, 2.45) is 5.92 Å². The number of imidazole rings is 1. The smallest absolute Gasteiger partial charge is 0.246 e. The molecule has 6 nitrogen and oxygen atoms in total. The van der Waals surface area contributed by atoms with E-state index in [1.807, 2.05) is 23.8 Å². The van der Waals surface area contributed by atoms with Crippen molar-refractivity contribution in [3.8, 4) is 5.75 Å². The van der Waals surface area contributed by atoms with E-state index < -0.39 is 10.0 Å². The average molecular weight is 349 g/mol. The maximum Gasteiger partial charge on any atom is 0.246 e. The van der Waals surface area contributed by atoms with Gasteiger partial charge in [-0.1, -0.05) is 13.0 Å². The molecule has 1 aliphatic rings. The van der Waals surface area contributed by atoms with E-state index in [1.54, 1.807) is 29.0 Å². The van der Waals surface area contributed by atoms with Gasteiger partial charge in [-0.2, -0.15) is 4.31 Å². The number of aromatic nitrogens is 2. The number of hydrogen-bond donors (Lipinski definition) is 0. The lowest BCUT2D eigenvalue weighted by Crippen LogP contribution is -2.43. The van der Waals surface area contributed by atoms with E-state index in [1.165, 1.54) is 7.11 Å². The molecule has 24 heavy (non-hydrogen) atoms. The van der Waals surface area contributed by atoms with Crippen LogP contribution in [0, 0.1) is 12.8 Å². The highest BCUT2D eigenvalue weighted by Gasteiger charge is 2.35. The largest absolute Gasteiger partial charge is 0.495 e. The van der Waals surface area contributed by atoms with Gasteiger partial charge in [0, 0.05) is 25.5 Å². The molecule has 2 aromatic rings. The van der Waals surface area contributed by atoms with Crippen LogP contribution in [0.15, 0.2) is 41.8 Å². The topological polar surface area (TPSA) is 64.4 Å². The minimum absolute atomic E-state index is 0.0897. The number of nitrogens with zero attached hydrogens (tertiary/aromatic N) is 3. The second-order valence-corrected chi connectivity index (χ2v) is 8.27. The Morgan fingerprint density at radius 3 is 2.79 bits per heavy atom. The first-order chi connectivity index (χ1) is 11.4. The summed E-state index contributed by atoms with van der Waals surface area (Å²) in [7, 11) is -2.10. The normalized spacial score (nSPS) is 22.5. The maximum absolute atomic E-state index is 13.2. The van der Waals surface area contributed by atoms with Crippen LogP contribution in [0.25, 0.3) is 0 Å². The van der Waals surface area contributed by atoms with Crippen LogP contribution in [0.5, 0.6) is 5.75 Å². The average Bonchev–Trinajstić information content (AvgIpc) is 3.09. The Balaban J connectivity index is 1.94. The molecule has 0 bridgehead atoms. The van der Waals surface area contributed by atoms with E-state index in [9.17, 15) is 8.42 Å². The summed E-state index contributed by atoms with van der Waals surface area (Å²) in [5, 5.41) is 0. The summed E-state index contributed by atoms with van der Waals surface area (Å²) in [4.78, 5) is 4.33. The number of methoxy groups -OCH3 is 1. The van der Waals surface area contributed by atoms with Gasteiger partial charge in [-0.25, -0.2) is 13.4 Å². The fraction of sp³-hybridized carbons (Fsp3) is 0.471. The fourth-order valence-electron chi connectivity index (χ4n) is 3.22. The first kappa shape index (κ1) is 17.0. The first-order valence-electron chi connectivity index (χ1n) is 8.05. The highest BCUT2D eigenvalue weighted by atomic mass is 32.2. The lowest BCUT2D eigenvalue weighted by molar-refractivity contribution is 0.200. The van der Waals surface area contributed by atoms with Crippen molar-refractivity contribution in [2.45, 2.75) is 31.2 Å². The summed E-state index contributed by atoms with van der Waals surface area (Å²) in [6.45, 7) is 5.00. The third-order valence-corrected chi connectivity index (χ3v) is 6.61. The molecule has 1 aromatic heterocycles. The Labute approximate surface area is 143 Å². The van der Waals surface area contributed by atoms with Crippen LogP contribution in [0.3, 0.4) is 0 Å². The van der Waals surface area contributed by atoms with Crippen LogP contribution in [0.4, 0.5) is 0 Å². The van der Waals surface area contributed by atoms with Crippen LogP contribution in [-0.2, 0) is 10.0 Å². The number of aryl methyl sites for hydroxylation is 1. The fourth-order valence-corrected chi connectivity index (χ4v) is 4.93. The summed E-state index contributed by atoms with van der Waals surface area (Å²) in [6, 6.07) is 5.33. The number of piperidine rings is 1. The molecule has 1 aromatic carbocycles. The molecule has 0 unspecified atom stereocenters. The standard InChI is InChI=1S/C17H23N3O3S/c1-13-4-5-16(23-3)17(10-13)24(21,22)20-8-6-14(2)15(11-20)19-9-7-18-12-19/h4-5,7,9-10,12,14-15H,6,8,11H2,1-3H3/t14-,15+/m0/s1. The molecule has 0 saturated carbocycles. The monoisotopic (exact) mass is 349 g/mol. The van der Waals surface area contributed by atoms with E-state index in [0.717, 1.165) is 12.0 Å². The summed E-state index contributed by atoms with van der Waals surface area (Å²) in [5.74, 6) is 0.781. The molecular weight excluding hydrogens is 326 g/mol. The minimum Gasteiger partial charge on any atom is -0.495 e. The quantitative estimate of drug-likeness (QED) is 0.851. The summed E-state index contributed by atoms with van der Waals surface area (Å²) in [5.41, 5.74) is 0.894. The minimum atomic E-state index is -3.60. The van der Waals surface area contributed by atoms with Crippen molar-refractivity contribution >= 4 is 10.0 Å². The number of rotatable bonds is 4. The predicted octanol–water partition coefficient (Wildman–Crippen LogP) is 2.47. The van der Waals surface area contributed by atoms with Gasteiger partial charge in [0.1, 0.15) is 10.6 Å².